The molecule has 0 saturated heterocycles. The number of hydrogen-bond donors (Lipinski definition) is 1. The van der Waals surface area contributed by atoms with Gasteiger partial charge in [-0.2, -0.15) is 0 Å². The molecule has 0 aliphatic heterocycles. The van der Waals surface area contributed by atoms with E-state index in [0.29, 0.717) is 0 Å². The summed E-state index contributed by atoms with van der Waals surface area (Å²) in [5.41, 5.74) is 2.61. The summed E-state index contributed by atoms with van der Waals surface area (Å²) in [6, 6.07) is 3.50. The van der Waals surface area contributed by atoms with Crippen molar-refractivity contribution < 1.29 is 14.6 Å². The zero-order valence-corrected chi connectivity index (χ0v) is 9.50. The summed E-state index contributed by atoms with van der Waals surface area (Å²) in [5.74, 6) is -0.422. The average molecular weight is 208 g/mol. The summed E-state index contributed by atoms with van der Waals surface area (Å²) in [6.45, 7) is 5.51. The van der Waals surface area contributed by atoms with Gasteiger partial charge in [0.25, 0.3) is 0 Å². The van der Waals surface area contributed by atoms with E-state index in [1.54, 1.807) is 13.0 Å². The fourth-order valence-corrected chi connectivity index (χ4v) is 1.63. The number of rotatable bonds is 2. The minimum absolute atomic E-state index is 0.214. The number of benzene rings is 1. The van der Waals surface area contributed by atoms with Crippen LogP contribution in [0.5, 0.6) is 5.75 Å². The monoisotopic (exact) mass is 208 g/mol. The molecule has 1 aromatic rings. The Hall–Kier alpha value is -1.51. The highest BCUT2D eigenvalue weighted by atomic mass is 16.5. The molecule has 1 aromatic carbocycles. The molecule has 0 saturated carbocycles. The molecule has 1 atom stereocenters. The quantitative estimate of drug-likeness (QED) is 0.758. The number of carbonyl (C=O) groups is 1. The molecule has 0 spiro atoms. The molecule has 0 heterocycles. The minimum Gasteiger partial charge on any atom is -0.508 e. The first-order valence-electron chi connectivity index (χ1n) is 4.85. The zero-order chi connectivity index (χ0) is 11.6. The van der Waals surface area contributed by atoms with Gasteiger partial charge in [-0.05, 0) is 43.5 Å². The van der Waals surface area contributed by atoms with Gasteiger partial charge in [-0.1, -0.05) is 6.07 Å². The van der Waals surface area contributed by atoms with Crippen molar-refractivity contribution in [1.29, 1.82) is 0 Å². The maximum atomic E-state index is 11.4. The Kier molecular flexibility index (Phi) is 3.35. The third kappa shape index (κ3) is 2.29. The van der Waals surface area contributed by atoms with Gasteiger partial charge in [-0.3, -0.25) is 4.79 Å². The van der Waals surface area contributed by atoms with E-state index in [9.17, 15) is 9.90 Å². The van der Waals surface area contributed by atoms with Gasteiger partial charge < -0.3 is 9.84 Å². The van der Waals surface area contributed by atoms with Gasteiger partial charge in [-0.25, -0.2) is 0 Å². The molecule has 0 aliphatic rings. The summed E-state index contributed by atoms with van der Waals surface area (Å²) in [5, 5.41) is 9.58. The van der Waals surface area contributed by atoms with E-state index in [1.807, 2.05) is 19.9 Å². The van der Waals surface area contributed by atoms with Crippen molar-refractivity contribution >= 4 is 5.97 Å². The number of aryl methyl sites for hydroxylation is 2. The smallest absolute Gasteiger partial charge is 0.312 e. The highest BCUT2D eigenvalue weighted by molar-refractivity contribution is 5.78. The first-order valence-corrected chi connectivity index (χ1v) is 4.85. The Labute approximate surface area is 89.7 Å². The normalized spacial score (nSPS) is 12.3. The standard InChI is InChI=1S/C12H16O3/c1-7-5-8(2)11(13)6-10(7)9(3)12(14)15-4/h5-6,9,13H,1-4H3. The second-order valence-corrected chi connectivity index (χ2v) is 3.74. The fourth-order valence-electron chi connectivity index (χ4n) is 1.63. The van der Waals surface area contributed by atoms with E-state index in [0.717, 1.165) is 16.7 Å². The van der Waals surface area contributed by atoms with Crippen molar-refractivity contribution in [3.8, 4) is 5.75 Å². The Bertz CT molecular complexity index is 383. The van der Waals surface area contributed by atoms with Crippen molar-refractivity contribution in [2.45, 2.75) is 26.7 Å². The van der Waals surface area contributed by atoms with Crippen LogP contribution in [0.4, 0.5) is 0 Å². The van der Waals surface area contributed by atoms with E-state index in [1.165, 1.54) is 7.11 Å². The van der Waals surface area contributed by atoms with Gasteiger partial charge in [0.05, 0.1) is 13.0 Å². The number of ether oxygens (including phenoxy) is 1. The van der Waals surface area contributed by atoms with E-state index >= 15 is 0 Å². The largest absolute Gasteiger partial charge is 0.508 e. The zero-order valence-electron chi connectivity index (χ0n) is 9.50. The summed E-state index contributed by atoms with van der Waals surface area (Å²) in [4.78, 5) is 11.4. The lowest BCUT2D eigenvalue weighted by Crippen LogP contribution is -2.12. The van der Waals surface area contributed by atoms with E-state index < -0.39 is 0 Å². The number of aromatic hydroxyl groups is 1. The summed E-state index contributed by atoms with van der Waals surface area (Å²) in [7, 11) is 1.36. The van der Waals surface area contributed by atoms with Crippen LogP contribution in [0.3, 0.4) is 0 Å². The molecule has 0 aliphatic carbocycles. The molecule has 1 N–H and O–H groups in total. The lowest BCUT2D eigenvalue weighted by molar-refractivity contribution is -0.142. The molecule has 82 valence electrons. The van der Waals surface area contributed by atoms with Gasteiger partial charge in [0.2, 0.25) is 0 Å². The SMILES string of the molecule is COC(=O)C(C)c1cc(O)c(C)cc1C. The number of phenolic OH excluding ortho intramolecular Hbond substituents is 1. The molecule has 0 fully saturated rings. The van der Waals surface area contributed by atoms with Crippen molar-refractivity contribution in [3.63, 3.8) is 0 Å². The summed E-state index contributed by atoms with van der Waals surface area (Å²) < 4.78 is 4.67. The number of methoxy groups -OCH3 is 1. The number of phenols is 1. The van der Waals surface area contributed by atoms with Crippen LogP contribution in [0.1, 0.15) is 29.5 Å². The average Bonchev–Trinajstić information content (AvgIpc) is 2.21. The maximum Gasteiger partial charge on any atom is 0.312 e. The van der Waals surface area contributed by atoms with Crippen LogP contribution in [-0.4, -0.2) is 18.2 Å². The Morgan fingerprint density at radius 3 is 2.47 bits per heavy atom. The molecule has 3 nitrogen and oxygen atoms in total. The van der Waals surface area contributed by atoms with Crippen LogP contribution in [-0.2, 0) is 9.53 Å². The Morgan fingerprint density at radius 1 is 1.33 bits per heavy atom. The van der Waals surface area contributed by atoms with Gasteiger partial charge >= 0.3 is 5.97 Å². The fraction of sp³-hybridized carbons (Fsp3) is 0.417. The molecular weight excluding hydrogens is 192 g/mol. The van der Waals surface area contributed by atoms with Crippen LogP contribution in [0.15, 0.2) is 12.1 Å². The maximum absolute atomic E-state index is 11.4. The molecule has 0 bridgehead atoms. The lowest BCUT2D eigenvalue weighted by atomic mass is 9.94. The second kappa shape index (κ2) is 4.34. The first-order chi connectivity index (χ1) is 6.97. The highest BCUT2D eigenvalue weighted by Crippen LogP contribution is 2.27. The third-order valence-corrected chi connectivity index (χ3v) is 2.61. The number of esters is 1. The summed E-state index contributed by atoms with van der Waals surface area (Å²) in [6.07, 6.45) is 0. The van der Waals surface area contributed by atoms with Gasteiger partial charge in [0.1, 0.15) is 5.75 Å². The van der Waals surface area contributed by atoms with Gasteiger partial charge in [0, 0.05) is 0 Å². The van der Waals surface area contributed by atoms with Gasteiger partial charge in [0.15, 0.2) is 0 Å². The number of carbonyl (C=O) groups excluding carboxylic acids is 1. The van der Waals surface area contributed by atoms with E-state index in [4.69, 9.17) is 0 Å². The molecule has 0 radical (unpaired) electrons. The van der Waals surface area contributed by atoms with Crippen LogP contribution in [0, 0.1) is 13.8 Å². The summed E-state index contributed by atoms with van der Waals surface area (Å²) >= 11 is 0. The van der Waals surface area contributed by atoms with Crippen molar-refractivity contribution in [1.82, 2.24) is 0 Å². The molecular formula is C12H16O3. The van der Waals surface area contributed by atoms with Gasteiger partial charge in [-0.15, -0.1) is 0 Å². The second-order valence-electron chi connectivity index (χ2n) is 3.74. The molecule has 0 aromatic heterocycles. The van der Waals surface area contributed by atoms with Crippen LogP contribution >= 0.6 is 0 Å². The minimum atomic E-state index is -0.346. The predicted octanol–water partition coefficient (Wildman–Crippen LogP) is 2.29. The van der Waals surface area contributed by atoms with Crippen LogP contribution in [0.25, 0.3) is 0 Å². The molecule has 3 heteroatoms. The van der Waals surface area contributed by atoms with Crippen molar-refractivity contribution in [2.75, 3.05) is 7.11 Å². The van der Waals surface area contributed by atoms with E-state index in [2.05, 4.69) is 4.74 Å². The number of hydrogen-bond acceptors (Lipinski definition) is 3. The first kappa shape index (κ1) is 11.6. The van der Waals surface area contributed by atoms with Crippen LogP contribution < -0.4 is 0 Å². The molecule has 1 unspecified atom stereocenters. The van der Waals surface area contributed by atoms with Crippen molar-refractivity contribution in [2.24, 2.45) is 0 Å². The third-order valence-electron chi connectivity index (χ3n) is 2.61. The topological polar surface area (TPSA) is 46.5 Å². The molecule has 1 rings (SSSR count). The van der Waals surface area contributed by atoms with E-state index in [-0.39, 0.29) is 17.6 Å². The Balaban J connectivity index is 3.14. The predicted molar refractivity (Wildman–Crippen MR) is 58.0 cm³/mol. The molecule has 0 amide bonds. The molecule has 15 heavy (non-hydrogen) atoms. The van der Waals surface area contributed by atoms with Crippen molar-refractivity contribution in [3.05, 3.63) is 28.8 Å². The van der Waals surface area contributed by atoms with Crippen LogP contribution in [0.2, 0.25) is 0 Å². The lowest BCUT2D eigenvalue weighted by Gasteiger charge is -2.14. The Morgan fingerprint density at radius 2 is 1.93 bits per heavy atom. The highest BCUT2D eigenvalue weighted by Gasteiger charge is 2.18.